The molecule has 0 bridgehead atoms. The molecule has 1 aliphatic heterocycles. The van der Waals surface area contributed by atoms with E-state index in [1.165, 1.54) is 23.2 Å². The molecule has 0 unspecified atom stereocenters. The third-order valence-electron chi connectivity index (χ3n) is 5.24. The van der Waals surface area contributed by atoms with Crippen LogP contribution < -0.4 is 10.2 Å². The third kappa shape index (κ3) is 6.75. The van der Waals surface area contributed by atoms with Gasteiger partial charge in [-0.15, -0.1) is 0 Å². The van der Waals surface area contributed by atoms with E-state index in [4.69, 9.17) is 0 Å². The van der Waals surface area contributed by atoms with E-state index in [2.05, 4.69) is 39.4 Å². The minimum absolute atomic E-state index is 0.0883. The van der Waals surface area contributed by atoms with Crippen LogP contribution in [0, 0.1) is 5.92 Å². The molecule has 0 spiro atoms. The van der Waals surface area contributed by atoms with Gasteiger partial charge in [0.05, 0.1) is 0 Å². The lowest BCUT2D eigenvalue weighted by Crippen LogP contribution is -2.44. The quantitative estimate of drug-likeness (QED) is 0.723. The van der Waals surface area contributed by atoms with Crippen LogP contribution in [0.3, 0.4) is 0 Å². The number of benzene rings is 1. The molecule has 0 aliphatic carbocycles. The number of likely N-dealkylation sites (tertiary alicyclic amines) is 1. The summed E-state index contributed by atoms with van der Waals surface area (Å²) in [6.07, 6.45) is 1.94. The Morgan fingerprint density at radius 3 is 2.33 bits per heavy atom. The molecule has 7 heteroatoms. The standard InChI is InChI=1S/C20H32N4O3/c1-21-19(25)15-24(20(26)27)14-17-9-12-23(13-10-17)11-8-16-4-6-18(7-5-16)22(2)3/h4-7,17H,8-15H2,1-3H3,(H,21,25)(H,26,27). The van der Waals surface area contributed by atoms with Crippen molar-refractivity contribution in [3.8, 4) is 0 Å². The van der Waals surface area contributed by atoms with Crippen LogP contribution in [0.2, 0.25) is 0 Å². The molecule has 7 nitrogen and oxygen atoms in total. The molecule has 150 valence electrons. The molecule has 2 N–H and O–H groups in total. The van der Waals surface area contributed by atoms with Gasteiger partial charge in [-0.25, -0.2) is 4.79 Å². The lowest BCUT2D eigenvalue weighted by molar-refractivity contribution is -0.121. The average molecular weight is 377 g/mol. The van der Waals surface area contributed by atoms with Crippen molar-refractivity contribution < 1.29 is 14.7 Å². The lowest BCUT2D eigenvalue weighted by atomic mass is 9.96. The van der Waals surface area contributed by atoms with Crippen LogP contribution >= 0.6 is 0 Å². The Hall–Kier alpha value is -2.28. The molecule has 1 aliphatic rings. The first-order chi connectivity index (χ1) is 12.9. The Morgan fingerprint density at radius 1 is 1.19 bits per heavy atom. The van der Waals surface area contributed by atoms with Gasteiger partial charge in [0, 0.05) is 39.9 Å². The molecule has 1 fully saturated rings. The Kier molecular flexibility index (Phi) is 7.91. The van der Waals surface area contributed by atoms with Gasteiger partial charge >= 0.3 is 6.09 Å². The van der Waals surface area contributed by atoms with Gasteiger partial charge in [-0.05, 0) is 56.0 Å². The van der Waals surface area contributed by atoms with E-state index in [9.17, 15) is 14.7 Å². The van der Waals surface area contributed by atoms with Crippen molar-refractivity contribution in [2.45, 2.75) is 19.3 Å². The van der Waals surface area contributed by atoms with Crippen LogP contribution in [0.4, 0.5) is 10.5 Å². The van der Waals surface area contributed by atoms with Crippen molar-refractivity contribution >= 4 is 17.7 Å². The van der Waals surface area contributed by atoms with E-state index in [0.717, 1.165) is 38.9 Å². The highest BCUT2D eigenvalue weighted by Crippen LogP contribution is 2.19. The first-order valence-electron chi connectivity index (χ1n) is 9.56. The van der Waals surface area contributed by atoms with Gasteiger partial charge in [0.1, 0.15) is 6.54 Å². The van der Waals surface area contributed by atoms with Crippen LogP contribution in [-0.4, -0.2) is 80.8 Å². The second-order valence-electron chi connectivity index (χ2n) is 7.43. The van der Waals surface area contributed by atoms with E-state index >= 15 is 0 Å². The van der Waals surface area contributed by atoms with Gasteiger partial charge in [0.15, 0.2) is 0 Å². The van der Waals surface area contributed by atoms with Gasteiger partial charge < -0.3 is 20.2 Å². The fraction of sp³-hybridized carbons (Fsp3) is 0.600. The number of hydrogen-bond acceptors (Lipinski definition) is 4. The normalized spacial score (nSPS) is 15.4. The van der Waals surface area contributed by atoms with Gasteiger partial charge in [0.2, 0.25) is 5.91 Å². The Labute approximate surface area is 161 Å². The van der Waals surface area contributed by atoms with E-state index in [-0.39, 0.29) is 12.5 Å². The number of nitrogens with one attached hydrogen (secondary N) is 1. The third-order valence-corrected chi connectivity index (χ3v) is 5.24. The number of piperidine rings is 1. The minimum Gasteiger partial charge on any atom is -0.465 e. The SMILES string of the molecule is CNC(=O)CN(CC1CCN(CCc2ccc(N(C)C)cc2)CC1)C(=O)O. The summed E-state index contributed by atoms with van der Waals surface area (Å²) >= 11 is 0. The average Bonchev–Trinajstić information content (AvgIpc) is 2.67. The summed E-state index contributed by atoms with van der Waals surface area (Å²) in [4.78, 5) is 28.6. The maximum atomic E-state index is 11.5. The highest BCUT2D eigenvalue weighted by atomic mass is 16.4. The van der Waals surface area contributed by atoms with Gasteiger partial charge in [0.25, 0.3) is 0 Å². The Bertz CT molecular complexity index is 610. The molecule has 2 rings (SSSR count). The molecule has 27 heavy (non-hydrogen) atoms. The Morgan fingerprint density at radius 2 is 1.81 bits per heavy atom. The molecule has 1 heterocycles. The number of carbonyl (C=O) groups is 2. The first kappa shape index (κ1) is 21.0. The zero-order valence-corrected chi connectivity index (χ0v) is 16.6. The number of hydrogen-bond donors (Lipinski definition) is 2. The van der Waals surface area contributed by atoms with Crippen LogP contribution in [0.5, 0.6) is 0 Å². The molecule has 0 aromatic heterocycles. The van der Waals surface area contributed by atoms with Crippen LogP contribution in [0.25, 0.3) is 0 Å². The van der Waals surface area contributed by atoms with Gasteiger partial charge in [-0.1, -0.05) is 12.1 Å². The molecular formula is C20H32N4O3. The number of anilines is 1. The topological polar surface area (TPSA) is 76.1 Å². The molecule has 2 amide bonds. The number of likely N-dealkylation sites (N-methyl/N-ethyl adjacent to an activating group) is 1. The van der Waals surface area contributed by atoms with E-state index in [1.54, 1.807) is 0 Å². The van der Waals surface area contributed by atoms with E-state index in [0.29, 0.717) is 12.5 Å². The fourth-order valence-electron chi connectivity index (χ4n) is 3.41. The zero-order chi connectivity index (χ0) is 19.8. The number of nitrogens with zero attached hydrogens (tertiary/aromatic N) is 3. The fourth-order valence-corrected chi connectivity index (χ4v) is 3.41. The molecule has 0 saturated carbocycles. The van der Waals surface area contributed by atoms with Gasteiger partial charge in [-0.2, -0.15) is 0 Å². The van der Waals surface area contributed by atoms with Crippen molar-refractivity contribution in [2.75, 3.05) is 58.8 Å². The molecule has 0 radical (unpaired) electrons. The monoisotopic (exact) mass is 376 g/mol. The van der Waals surface area contributed by atoms with Crippen molar-refractivity contribution in [2.24, 2.45) is 5.92 Å². The summed E-state index contributed by atoms with van der Waals surface area (Å²) in [5, 5.41) is 11.8. The summed E-state index contributed by atoms with van der Waals surface area (Å²) in [5.41, 5.74) is 2.55. The van der Waals surface area contributed by atoms with Crippen LogP contribution in [0.15, 0.2) is 24.3 Å². The summed E-state index contributed by atoms with van der Waals surface area (Å²) in [6.45, 7) is 3.33. The largest absolute Gasteiger partial charge is 0.465 e. The van der Waals surface area contributed by atoms with Crippen LogP contribution in [-0.2, 0) is 11.2 Å². The van der Waals surface area contributed by atoms with E-state index in [1.807, 2.05) is 14.1 Å². The van der Waals surface area contributed by atoms with Crippen molar-refractivity contribution in [3.63, 3.8) is 0 Å². The number of amides is 2. The predicted octanol–water partition coefficient (Wildman–Crippen LogP) is 1.73. The lowest BCUT2D eigenvalue weighted by Gasteiger charge is -2.34. The summed E-state index contributed by atoms with van der Waals surface area (Å²) in [5.74, 6) is 0.0523. The Balaban J connectivity index is 1.74. The molecule has 1 aromatic rings. The highest BCUT2D eigenvalue weighted by molar-refractivity contribution is 5.81. The highest BCUT2D eigenvalue weighted by Gasteiger charge is 2.24. The van der Waals surface area contributed by atoms with Gasteiger partial charge in [-0.3, -0.25) is 9.69 Å². The molecular weight excluding hydrogens is 344 g/mol. The second-order valence-corrected chi connectivity index (χ2v) is 7.43. The second kappa shape index (κ2) is 10.2. The number of rotatable bonds is 8. The van der Waals surface area contributed by atoms with Crippen molar-refractivity contribution in [1.82, 2.24) is 15.1 Å². The van der Waals surface area contributed by atoms with E-state index < -0.39 is 6.09 Å². The number of carboxylic acid groups (broad SMARTS) is 1. The smallest absolute Gasteiger partial charge is 0.407 e. The maximum Gasteiger partial charge on any atom is 0.407 e. The summed E-state index contributed by atoms with van der Waals surface area (Å²) < 4.78 is 0. The van der Waals surface area contributed by atoms with Crippen molar-refractivity contribution in [3.05, 3.63) is 29.8 Å². The predicted molar refractivity (Wildman–Crippen MR) is 107 cm³/mol. The van der Waals surface area contributed by atoms with Crippen molar-refractivity contribution in [1.29, 1.82) is 0 Å². The molecule has 0 atom stereocenters. The first-order valence-corrected chi connectivity index (χ1v) is 9.56. The molecule has 1 saturated heterocycles. The minimum atomic E-state index is -1.03. The summed E-state index contributed by atoms with van der Waals surface area (Å²) in [6, 6.07) is 8.67. The number of carbonyl (C=O) groups excluding carboxylic acids is 1. The zero-order valence-electron chi connectivity index (χ0n) is 16.6. The van der Waals surface area contributed by atoms with Crippen LogP contribution in [0.1, 0.15) is 18.4 Å². The summed E-state index contributed by atoms with van der Waals surface area (Å²) in [7, 11) is 5.60. The molecule has 1 aromatic carbocycles. The maximum absolute atomic E-state index is 11.5.